The van der Waals surface area contributed by atoms with Gasteiger partial charge in [0, 0.05) is 151 Å². The van der Waals surface area contributed by atoms with Crippen LogP contribution in [0.15, 0.2) is 159 Å². The molecule has 0 bridgehead atoms. The summed E-state index contributed by atoms with van der Waals surface area (Å²) in [5.41, 5.74) is 20.0. The molecule has 3 aliphatic carbocycles. The molecule has 5 aliphatic heterocycles. The van der Waals surface area contributed by atoms with Gasteiger partial charge >= 0.3 is 12.2 Å². The third kappa shape index (κ3) is 21.1. The van der Waals surface area contributed by atoms with Gasteiger partial charge < -0.3 is 81.6 Å². The van der Waals surface area contributed by atoms with Gasteiger partial charge in [0.15, 0.2) is 0 Å². The van der Waals surface area contributed by atoms with Crippen molar-refractivity contribution in [1.29, 1.82) is 0 Å². The van der Waals surface area contributed by atoms with E-state index in [1.165, 1.54) is 5.56 Å². The zero-order chi connectivity index (χ0) is 97.5. The second-order valence-corrected chi connectivity index (χ2v) is 40.3. The van der Waals surface area contributed by atoms with Crippen molar-refractivity contribution >= 4 is 75.6 Å². The van der Waals surface area contributed by atoms with Crippen LogP contribution in [0, 0.1) is 82.0 Å². The van der Waals surface area contributed by atoms with Gasteiger partial charge in [0.1, 0.15) is 51.3 Å². The van der Waals surface area contributed by atoms with Crippen molar-refractivity contribution in [2.75, 3.05) is 92.2 Å². The zero-order valence-corrected chi connectivity index (χ0v) is 81.7. The van der Waals surface area contributed by atoms with E-state index in [1.54, 1.807) is 21.9 Å². The average molecular weight is 1840 g/mol. The first-order chi connectivity index (χ1) is 64.5. The topological polar surface area (TPSA) is 283 Å². The fourth-order valence-corrected chi connectivity index (χ4v) is 18.6. The molecule has 710 valence electrons. The van der Waals surface area contributed by atoms with Gasteiger partial charge in [0.2, 0.25) is 11.8 Å². The van der Waals surface area contributed by atoms with Crippen LogP contribution in [0.3, 0.4) is 0 Å². The van der Waals surface area contributed by atoms with Crippen LogP contribution in [0.25, 0.3) is 47.9 Å². The third-order valence-electron chi connectivity index (χ3n) is 26.6. The highest BCUT2D eigenvalue weighted by Gasteiger charge is 2.55. The highest BCUT2D eigenvalue weighted by Crippen LogP contribution is 2.53. The minimum Gasteiger partial charge on any atom is -0.444 e. The van der Waals surface area contributed by atoms with Crippen LogP contribution < -0.4 is 25.3 Å². The molecule has 2 N–H and O–H groups in total. The Hall–Kier alpha value is -13.5. The number of aromatic nitrogens is 3. The van der Waals surface area contributed by atoms with Gasteiger partial charge in [-0.15, -0.1) is 0 Å². The minimum absolute atomic E-state index is 0.0732. The number of hydrogen-bond acceptors (Lipinski definition) is 21. The second-order valence-electron chi connectivity index (χ2n) is 40.3. The molecule has 28 heteroatoms. The molecule has 8 heterocycles. The van der Waals surface area contributed by atoms with Crippen LogP contribution >= 0.6 is 0 Å². The highest BCUT2D eigenvalue weighted by molar-refractivity contribution is 6.24. The quantitative estimate of drug-likeness (QED) is 0.0397. The molecule has 6 amide bonds. The lowest BCUT2D eigenvalue weighted by atomic mass is 9.94. The average Bonchev–Trinajstić information content (AvgIpc) is 1.60. The van der Waals surface area contributed by atoms with Gasteiger partial charge in [-0.3, -0.25) is 29.4 Å². The monoisotopic (exact) mass is 1840 g/mol. The largest absolute Gasteiger partial charge is 0.444 e. The lowest BCUT2D eigenvalue weighted by molar-refractivity contribution is -0.136. The fraction of sp³-hybridized carbons (Fsp3) is 0.444. The number of fused-ring (bicyclic) bond motifs is 1. The molecule has 136 heavy (non-hydrogen) atoms. The van der Waals surface area contributed by atoms with E-state index >= 15 is 0 Å². The summed E-state index contributed by atoms with van der Waals surface area (Å²) in [5, 5.41) is 18.1. The minimum atomic E-state index is -1.00. The van der Waals surface area contributed by atoms with E-state index in [9.17, 15) is 28.8 Å². The van der Waals surface area contributed by atoms with Crippen LogP contribution in [-0.4, -0.2) is 172 Å². The standard InChI is InChI=1S/C41H40N6O6.C33H40N4O4.C22H21N3O.C12H23NO3/c1-24-6-7-27(36-25(2)44-53-26(36)3)20-34(24)46(29-10-8-28(9-11-29)41(42-5)16-17-41)18-19-52-40(4)22-45(23-40)30-12-13-31-32(21-30)39(51)47(38(31)50)33-14-15-35(48)43-37(33)49;1-22-9-10-25(29-23(2)35-41-24(29)3)19-28(22)37(27-13-11-26(12-14-27)33(34-8)15-16-33)17-18-39-32(7)20-36(21-32)30(38)40-31(4,5)6;1-14-5-6-17(21-15(2)25-26-16(21)3)13-20(14)24-19-9-7-18(8-10-19)22(23-4)11-12-22;1-6-7-15-12(5)8-13(9-12)10(14)16-11(2,3)4/h6-13,20-21,33H,14-19,22-23H2,1-4H3,(H,43,48,49);9-14,19H,15-18,20-21H2,1-7H3;5-10,13,24H,11-12H2,1-3H3;6-9H2,1-5H3. The number of benzene rings is 7. The maximum absolute atomic E-state index is 13.4. The maximum atomic E-state index is 13.4. The van der Waals surface area contributed by atoms with Crippen LogP contribution in [0.1, 0.15) is 215 Å². The van der Waals surface area contributed by atoms with E-state index in [-0.39, 0.29) is 58.4 Å². The molecule has 8 aliphatic rings. The highest BCUT2D eigenvalue weighted by atomic mass is 16.6. The van der Waals surface area contributed by atoms with Crippen molar-refractivity contribution < 1.29 is 66.0 Å². The van der Waals surface area contributed by atoms with Crippen LogP contribution in [0.2, 0.25) is 0 Å². The third-order valence-corrected chi connectivity index (χ3v) is 26.6. The Morgan fingerprint density at radius 3 is 1.24 bits per heavy atom. The van der Waals surface area contributed by atoms with Crippen molar-refractivity contribution in [1.82, 2.24) is 35.5 Å². The molecule has 3 saturated carbocycles. The normalized spacial score (nSPS) is 17.9. The van der Waals surface area contributed by atoms with Crippen LogP contribution in [0.5, 0.6) is 0 Å². The molecular formula is C108H124N14O14. The number of anilines is 7. The molecule has 7 fully saturated rings. The number of likely N-dealkylation sites (tertiary alicyclic amines) is 2. The summed E-state index contributed by atoms with van der Waals surface area (Å²) in [4.78, 5) is 97.4. The van der Waals surface area contributed by atoms with Crippen LogP contribution in [-0.2, 0) is 49.9 Å². The van der Waals surface area contributed by atoms with Gasteiger partial charge in [-0.25, -0.2) is 29.3 Å². The summed E-state index contributed by atoms with van der Waals surface area (Å²) in [6.07, 6.45) is 6.21. The Bertz CT molecular complexity index is 6260. The molecule has 28 nitrogen and oxygen atoms in total. The number of nitrogens with one attached hydrogen (secondary N) is 2. The molecule has 4 saturated heterocycles. The smallest absolute Gasteiger partial charge is 0.410 e. The maximum Gasteiger partial charge on any atom is 0.410 e. The van der Waals surface area contributed by atoms with Crippen molar-refractivity contribution in [2.45, 2.75) is 240 Å². The van der Waals surface area contributed by atoms with Gasteiger partial charge in [-0.2, -0.15) is 0 Å². The predicted molar refractivity (Wildman–Crippen MR) is 522 cm³/mol. The lowest BCUT2D eigenvalue weighted by Crippen LogP contribution is -2.64. The molecule has 0 spiro atoms. The SMILES string of the molecule is CCCOC1(C)CN(C(=O)OC(C)(C)C)C1.[C-]#[N+]C1(c2ccc(N(CCOC3(C)CN(C(=O)OC(C)(C)C)C3)c3cc(-c4c(C)noc4C)ccc3C)cc2)CC1.[C-]#[N+]C1(c2ccc(N(CCOC3(C)CN(c4ccc5c(c4)C(=O)N(C4CCC(=O)NC4=O)C5=O)C3)c3cc(-c4c(C)noc4C)ccc3C)cc2)CC1.[C-]#[N+]C1(c2ccc(Nc3cc(-c4c(C)noc4C)ccc3C)cc2)CC1. The van der Waals surface area contributed by atoms with E-state index in [1.807, 2.05) is 103 Å². The number of nitrogens with zero attached hydrogens (tertiary/aromatic N) is 12. The molecule has 0 radical (unpaired) electrons. The second kappa shape index (κ2) is 38.4. The first kappa shape index (κ1) is 97.1. The molecule has 18 rings (SSSR count). The van der Waals surface area contributed by atoms with E-state index < -0.39 is 52.1 Å². The van der Waals surface area contributed by atoms with Gasteiger partial charge in [-0.1, -0.05) is 58.8 Å². The van der Waals surface area contributed by atoms with Crippen molar-refractivity contribution in [3.8, 4) is 33.4 Å². The number of ether oxygens (including phenoxy) is 5. The van der Waals surface area contributed by atoms with Gasteiger partial charge in [0.05, 0.1) is 67.6 Å². The van der Waals surface area contributed by atoms with Crippen molar-refractivity contribution in [2.24, 2.45) is 0 Å². The first-order valence-electron chi connectivity index (χ1n) is 46.9. The Balaban J connectivity index is 0.000000149. The number of imide groups is 2. The number of aryl methyl sites for hydroxylation is 9. The summed E-state index contributed by atoms with van der Waals surface area (Å²) in [6, 6.07) is 48.3. The van der Waals surface area contributed by atoms with E-state index in [0.717, 1.165) is 192 Å². The molecule has 1 unspecified atom stereocenters. The first-order valence-corrected chi connectivity index (χ1v) is 46.9. The Morgan fingerprint density at radius 1 is 0.485 bits per heavy atom. The molecule has 7 aromatic carbocycles. The summed E-state index contributed by atoms with van der Waals surface area (Å²) in [5.74, 6) is 0.304. The number of amides is 6. The number of hydrogen-bond donors (Lipinski definition) is 2. The number of rotatable bonds is 25. The van der Waals surface area contributed by atoms with E-state index in [0.29, 0.717) is 65.6 Å². The van der Waals surface area contributed by atoms with Crippen LogP contribution in [0.4, 0.5) is 49.4 Å². The molecule has 3 aromatic heterocycles. The summed E-state index contributed by atoms with van der Waals surface area (Å²) < 4.78 is 45.7. The predicted octanol–water partition coefficient (Wildman–Crippen LogP) is 21.7. The summed E-state index contributed by atoms with van der Waals surface area (Å²) in [6.45, 7) is 66.4. The van der Waals surface area contributed by atoms with Gasteiger partial charge in [-0.05, 0) is 280 Å². The molecule has 1 atom stereocenters. The Kier molecular flexibility index (Phi) is 27.4. The Labute approximate surface area is 797 Å². The summed E-state index contributed by atoms with van der Waals surface area (Å²) >= 11 is 0. The molecule has 10 aromatic rings. The fourth-order valence-electron chi connectivity index (χ4n) is 18.6. The van der Waals surface area contributed by atoms with Crippen molar-refractivity contribution in [3.05, 3.63) is 259 Å². The number of carbonyl (C=O) groups excluding carboxylic acids is 6. The Morgan fingerprint density at radius 2 is 0.868 bits per heavy atom. The van der Waals surface area contributed by atoms with E-state index in [4.69, 9.17) is 57.0 Å². The number of carbonyl (C=O) groups is 6. The zero-order valence-electron chi connectivity index (χ0n) is 81.7. The summed E-state index contributed by atoms with van der Waals surface area (Å²) in [7, 11) is 0. The van der Waals surface area contributed by atoms with Crippen molar-refractivity contribution in [3.63, 3.8) is 0 Å². The number of piperidine rings is 1. The van der Waals surface area contributed by atoms with E-state index in [2.05, 4.69) is 217 Å². The van der Waals surface area contributed by atoms with Gasteiger partial charge in [0.25, 0.3) is 28.4 Å². The molecular weight excluding hydrogens is 1720 g/mol. The lowest BCUT2D eigenvalue weighted by Gasteiger charge is -2.49.